The lowest BCUT2D eigenvalue weighted by Gasteiger charge is -2.36. The van der Waals surface area contributed by atoms with Crippen LogP contribution >= 0.6 is 0 Å². The van der Waals surface area contributed by atoms with Gasteiger partial charge in [0, 0.05) is 31.7 Å². The first-order valence-electron chi connectivity index (χ1n) is 7.52. The predicted molar refractivity (Wildman–Crippen MR) is 82.9 cm³/mol. The van der Waals surface area contributed by atoms with Crippen LogP contribution in [0, 0.1) is 0 Å². The van der Waals surface area contributed by atoms with Gasteiger partial charge in [-0.15, -0.1) is 0 Å². The molecule has 0 saturated carbocycles. The monoisotopic (exact) mass is 326 g/mol. The molecule has 3 rings (SSSR count). The van der Waals surface area contributed by atoms with E-state index in [4.69, 9.17) is 9.47 Å². The van der Waals surface area contributed by atoms with Crippen molar-refractivity contribution in [3.05, 3.63) is 18.2 Å². The van der Waals surface area contributed by atoms with Crippen LogP contribution in [0.5, 0.6) is 11.5 Å². The first kappa shape index (κ1) is 15.6. The van der Waals surface area contributed by atoms with Crippen molar-refractivity contribution in [2.45, 2.75) is 23.8 Å². The minimum Gasteiger partial charge on any atom is -0.493 e. The summed E-state index contributed by atoms with van der Waals surface area (Å²) in [5.74, 6) is 0.963. The summed E-state index contributed by atoms with van der Waals surface area (Å²) in [4.78, 5) is 2.65. The molecule has 7 heteroatoms. The molecule has 0 radical (unpaired) electrons. The van der Waals surface area contributed by atoms with Crippen molar-refractivity contribution in [3.8, 4) is 11.5 Å². The van der Waals surface area contributed by atoms with Crippen LogP contribution in [-0.2, 0) is 10.0 Å². The third-order valence-corrected chi connectivity index (χ3v) is 6.40. The normalized spacial score (nSPS) is 23.3. The van der Waals surface area contributed by atoms with Crippen LogP contribution in [0.1, 0.15) is 12.8 Å². The molecule has 0 aromatic heterocycles. The zero-order valence-electron chi connectivity index (χ0n) is 13.0. The van der Waals surface area contributed by atoms with E-state index in [9.17, 15) is 8.42 Å². The van der Waals surface area contributed by atoms with Crippen LogP contribution in [0.25, 0.3) is 0 Å². The molecule has 1 unspecified atom stereocenters. The molecule has 2 aliphatic rings. The number of hydrogen-bond donors (Lipinski definition) is 0. The summed E-state index contributed by atoms with van der Waals surface area (Å²) in [6.45, 7) is 3.04. The van der Waals surface area contributed by atoms with Gasteiger partial charge in [-0.1, -0.05) is 0 Å². The summed E-state index contributed by atoms with van der Waals surface area (Å²) in [6, 6.07) is 5.12. The van der Waals surface area contributed by atoms with Crippen LogP contribution in [-0.4, -0.2) is 64.1 Å². The molecule has 1 aromatic carbocycles. The van der Waals surface area contributed by atoms with Crippen molar-refractivity contribution in [1.29, 1.82) is 0 Å². The molecular weight excluding hydrogens is 304 g/mol. The van der Waals surface area contributed by atoms with Gasteiger partial charge in [0.05, 0.1) is 19.1 Å². The van der Waals surface area contributed by atoms with E-state index in [0.717, 1.165) is 25.9 Å². The molecule has 2 saturated heterocycles. The Kier molecular flexibility index (Phi) is 4.29. The molecule has 0 spiro atoms. The molecule has 0 bridgehead atoms. The summed E-state index contributed by atoms with van der Waals surface area (Å²) < 4.78 is 37.7. The fraction of sp³-hybridized carbons (Fsp3) is 0.600. The van der Waals surface area contributed by atoms with E-state index in [1.54, 1.807) is 16.4 Å². The van der Waals surface area contributed by atoms with Gasteiger partial charge in [-0.2, -0.15) is 4.31 Å². The SMILES string of the molecule is COc1ccc(S(=O)(=O)N2CCN3CCCC3C2)cc1OC. The smallest absolute Gasteiger partial charge is 0.243 e. The molecule has 1 aromatic rings. The van der Waals surface area contributed by atoms with E-state index in [2.05, 4.69) is 4.90 Å². The molecule has 6 nitrogen and oxygen atoms in total. The lowest BCUT2D eigenvalue weighted by atomic mass is 10.2. The molecule has 122 valence electrons. The molecular formula is C15H22N2O4S. The zero-order valence-corrected chi connectivity index (χ0v) is 13.8. The van der Waals surface area contributed by atoms with E-state index in [1.165, 1.54) is 20.3 Å². The Morgan fingerprint density at radius 1 is 1.09 bits per heavy atom. The largest absolute Gasteiger partial charge is 0.493 e. The number of nitrogens with zero attached hydrogens (tertiary/aromatic N) is 2. The topological polar surface area (TPSA) is 59.1 Å². The highest BCUT2D eigenvalue weighted by Gasteiger charge is 2.36. The van der Waals surface area contributed by atoms with Crippen LogP contribution < -0.4 is 9.47 Å². The fourth-order valence-corrected chi connectivity index (χ4v) is 4.79. The maximum Gasteiger partial charge on any atom is 0.243 e. The van der Waals surface area contributed by atoms with Gasteiger partial charge in [0.1, 0.15) is 0 Å². The van der Waals surface area contributed by atoms with Crippen molar-refractivity contribution in [2.75, 3.05) is 40.4 Å². The molecule has 1 atom stereocenters. The van der Waals surface area contributed by atoms with Gasteiger partial charge in [-0.3, -0.25) is 4.90 Å². The number of piperazine rings is 1. The van der Waals surface area contributed by atoms with Crippen molar-refractivity contribution < 1.29 is 17.9 Å². The van der Waals surface area contributed by atoms with Gasteiger partial charge >= 0.3 is 0 Å². The van der Waals surface area contributed by atoms with Crippen molar-refractivity contribution in [2.24, 2.45) is 0 Å². The Balaban J connectivity index is 1.86. The Morgan fingerprint density at radius 2 is 1.86 bits per heavy atom. The first-order chi connectivity index (χ1) is 10.6. The summed E-state index contributed by atoms with van der Waals surface area (Å²) >= 11 is 0. The minimum atomic E-state index is -3.49. The molecule has 22 heavy (non-hydrogen) atoms. The number of hydrogen-bond acceptors (Lipinski definition) is 5. The lowest BCUT2D eigenvalue weighted by Crippen LogP contribution is -2.51. The maximum absolute atomic E-state index is 12.9. The average molecular weight is 326 g/mol. The summed E-state index contributed by atoms with van der Waals surface area (Å²) in [5.41, 5.74) is 0. The van der Waals surface area contributed by atoms with Crippen LogP contribution in [0.15, 0.2) is 23.1 Å². The molecule has 2 aliphatic heterocycles. The van der Waals surface area contributed by atoms with Gasteiger partial charge < -0.3 is 9.47 Å². The van der Waals surface area contributed by atoms with Crippen molar-refractivity contribution in [3.63, 3.8) is 0 Å². The first-order valence-corrected chi connectivity index (χ1v) is 8.96. The summed E-state index contributed by atoms with van der Waals surface area (Å²) in [7, 11) is -0.449. The van der Waals surface area contributed by atoms with Crippen LogP contribution in [0.4, 0.5) is 0 Å². The quantitative estimate of drug-likeness (QED) is 0.831. The molecule has 2 fully saturated rings. The Morgan fingerprint density at radius 3 is 2.59 bits per heavy atom. The Hall–Kier alpha value is -1.31. The summed E-state index contributed by atoms with van der Waals surface area (Å²) in [5, 5.41) is 0. The van der Waals surface area contributed by atoms with Gasteiger partial charge in [-0.05, 0) is 31.5 Å². The number of rotatable bonds is 4. The molecule has 2 heterocycles. The highest BCUT2D eigenvalue weighted by Crippen LogP contribution is 2.32. The second-order valence-electron chi connectivity index (χ2n) is 5.71. The highest BCUT2D eigenvalue weighted by atomic mass is 32.2. The number of sulfonamides is 1. The third kappa shape index (κ3) is 2.68. The van der Waals surface area contributed by atoms with Gasteiger partial charge in [0.15, 0.2) is 11.5 Å². The highest BCUT2D eigenvalue weighted by molar-refractivity contribution is 7.89. The van der Waals surface area contributed by atoms with Gasteiger partial charge in [0.2, 0.25) is 10.0 Å². The molecule has 0 amide bonds. The number of benzene rings is 1. The van der Waals surface area contributed by atoms with Gasteiger partial charge in [-0.25, -0.2) is 8.42 Å². The second kappa shape index (κ2) is 6.06. The van der Waals surface area contributed by atoms with E-state index >= 15 is 0 Å². The van der Waals surface area contributed by atoms with Crippen molar-refractivity contribution >= 4 is 10.0 Å². The Bertz CT molecular complexity index is 647. The van der Waals surface area contributed by atoms with Crippen LogP contribution in [0.3, 0.4) is 0 Å². The fourth-order valence-electron chi connectivity index (χ4n) is 3.31. The third-order valence-electron chi connectivity index (χ3n) is 4.54. The van der Waals surface area contributed by atoms with E-state index < -0.39 is 10.0 Å². The molecule has 0 N–H and O–H groups in total. The second-order valence-corrected chi connectivity index (χ2v) is 7.65. The number of methoxy groups -OCH3 is 2. The van der Waals surface area contributed by atoms with Gasteiger partial charge in [0.25, 0.3) is 0 Å². The predicted octanol–water partition coefficient (Wildman–Crippen LogP) is 1.17. The number of ether oxygens (including phenoxy) is 2. The van der Waals surface area contributed by atoms with E-state index in [1.807, 2.05) is 0 Å². The average Bonchev–Trinajstić information content (AvgIpc) is 3.01. The van der Waals surface area contributed by atoms with Crippen molar-refractivity contribution in [1.82, 2.24) is 9.21 Å². The van der Waals surface area contributed by atoms with Crippen LogP contribution in [0.2, 0.25) is 0 Å². The Labute approximate surface area is 131 Å². The van der Waals surface area contributed by atoms with E-state index in [0.29, 0.717) is 30.6 Å². The standard InChI is InChI=1S/C15H22N2O4S/c1-20-14-6-5-13(10-15(14)21-2)22(18,19)17-9-8-16-7-3-4-12(16)11-17/h5-6,10,12H,3-4,7-9,11H2,1-2H3. The molecule has 0 aliphatic carbocycles. The summed E-state index contributed by atoms with van der Waals surface area (Å²) in [6.07, 6.45) is 2.24. The zero-order chi connectivity index (χ0) is 15.7. The maximum atomic E-state index is 12.9. The lowest BCUT2D eigenvalue weighted by molar-refractivity contribution is 0.158. The number of fused-ring (bicyclic) bond motifs is 1. The minimum absolute atomic E-state index is 0.261. The van der Waals surface area contributed by atoms with E-state index in [-0.39, 0.29) is 4.90 Å².